The molecule has 4 nitrogen and oxygen atoms in total. The third kappa shape index (κ3) is 5.70. The van der Waals surface area contributed by atoms with Gasteiger partial charge in [0.05, 0.1) is 29.7 Å². The first-order chi connectivity index (χ1) is 15.1. The lowest BCUT2D eigenvalue weighted by molar-refractivity contribution is -0.137. The van der Waals surface area contributed by atoms with Gasteiger partial charge in [-0.2, -0.15) is 13.2 Å². The number of benzene rings is 2. The molecular formula is C25H31F3N2O2. The van der Waals surface area contributed by atoms with Gasteiger partial charge in [0.15, 0.2) is 0 Å². The van der Waals surface area contributed by atoms with E-state index < -0.39 is 23.4 Å². The normalized spacial score (nSPS) is 22.4. The van der Waals surface area contributed by atoms with Crippen molar-refractivity contribution in [2.24, 2.45) is 5.92 Å². The van der Waals surface area contributed by atoms with Gasteiger partial charge in [0.25, 0.3) is 0 Å². The molecule has 0 radical (unpaired) electrons. The molecule has 1 amide bonds. The van der Waals surface area contributed by atoms with Crippen LogP contribution in [0.4, 0.5) is 13.2 Å². The molecule has 1 aliphatic rings. The van der Waals surface area contributed by atoms with Gasteiger partial charge in [-0.15, -0.1) is 0 Å². The van der Waals surface area contributed by atoms with Crippen LogP contribution in [0, 0.1) is 12.8 Å². The van der Waals surface area contributed by atoms with Crippen molar-refractivity contribution >= 4 is 5.91 Å². The van der Waals surface area contributed by atoms with E-state index in [9.17, 15) is 18.0 Å². The number of hydrogen-bond donors (Lipinski definition) is 2. The summed E-state index contributed by atoms with van der Waals surface area (Å²) in [5.41, 5.74) is 0.915. The summed E-state index contributed by atoms with van der Waals surface area (Å²) in [6.45, 7) is 6.72. The molecule has 0 aromatic heterocycles. The Morgan fingerprint density at radius 3 is 2.56 bits per heavy atom. The van der Waals surface area contributed by atoms with Crippen LogP contribution in [-0.4, -0.2) is 25.6 Å². The first-order valence-corrected chi connectivity index (χ1v) is 11.0. The highest BCUT2D eigenvalue weighted by molar-refractivity contribution is 5.79. The summed E-state index contributed by atoms with van der Waals surface area (Å²) in [5.74, 6) is -0.0780. The number of halogens is 3. The molecule has 2 N–H and O–H groups in total. The lowest BCUT2D eigenvalue weighted by atomic mass is 9.79. The zero-order valence-corrected chi connectivity index (χ0v) is 18.8. The van der Waals surface area contributed by atoms with Gasteiger partial charge in [-0.1, -0.05) is 42.0 Å². The Kier molecular flexibility index (Phi) is 7.62. The second-order valence-electron chi connectivity index (χ2n) is 8.54. The van der Waals surface area contributed by atoms with Gasteiger partial charge in [0, 0.05) is 13.1 Å². The molecule has 3 atom stereocenters. The Hall–Kier alpha value is -2.38. The maximum atomic E-state index is 13.2. The number of piperidine rings is 1. The number of carbonyl (C=O) groups is 1. The maximum absolute atomic E-state index is 13.2. The number of carbonyl (C=O) groups excluding carboxylic acids is 1. The molecule has 1 fully saturated rings. The molecule has 1 heterocycles. The average Bonchev–Trinajstić information content (AvgIpc) is 2.77. The van der Waals surface area contributed by atoms with Gasteiger partial charge in [0.2, 0.25) is 5.91 Å². The fourth-order valence-corrected chi connectivity index (χ4v) is 4.26. The second-order valence-corrected chi connectivity index (χ2v) is 8.54. The maximum Gasteiger partial charge on any atom is 0.416 e. The molecule has 7 heteroatoms. The third-order valence-electron chi connectivity index (χ3n) is 6.13. The van der Waals surface area contributed by atoms with E-state index in [0.29, 0.717) is 37.1 Å². The minimum Gasteiger partial charge on any atom is -0.372 e. The van der Waals surface area contributed by atoms with E-state index in [1.165, 1.54) is 0 Å². The predicted molar refractivity (Wildman–Crippen MR) is 118 cm³/mol. The van der Waals surface area contributed by atoms with E-state index >= 15 is 0 Å². The summed E-state index contributed by atoms with van der Waals surface area (Å²) < 4.78 is 45.9. The van der Waals surface area contributed by atoms with Crippen molar-refractivity contribution in [1.82, 2.24) is 10.6 Å². The molecule has 0 bridgehead atoms. The van der Waals surface area contributed by atoms with Gasteiger partial charge in [-0.05, 0) is 56.9 Å². The van der Waals surface area contributed by atoms with Crippen molar-refractivity contribution in [2.45, 2.75) is 51.4 Å². The summed E-state index contributed by atoms with van der Waals surface area (Å²) in [4.78, 5) is 12.3. The molecule has 1 aliphatic heterocycles. The number of nitrogens with one attached hydrogen (secondary N) is 2. The van der Waals surface area contributed by atoms with Crippen LogP contribution in [-0.2, 0) is 21.2 Å². The third-order valence-corrected chi connectivity index (χ3v) is 6.13. The first-order valence-electron chi connectivity index (χ1n) is 11.0. The Labute approximate surface area is 187 Å². The Bertz CT molecular complexity index is 907. The number of rotatable bonds is 7. The van der Waals surface area contributed by atoms with Gasteiger partial charge in [0.1, 0.15) is 0 Å². The van der Waals surface area contributed by atoms with E-state index in [1.807, 2.05) is 37.3 Å². The van der Waals surface area contributed by atoms with Crippen LogP contribution in [0.25, 0.3) is 0 Å². The van der Waals surface area contributed by atoms with Crippen LogP contribution in [0.15, 0.2) is 48.5 Å². The quantitative estimate of drug-likeness (QED) is 0.618. The van der Waals surface area contributed by atoms with E-state index in [4.69, 9.17) is 4.74 Å². The molecule has 0 spiro atoms. The van der Waals surface area contributed by atoms with Gasteiger partial charge < -0.3 is 15.4 Å². The number of ether oxygens (including phenoxy) is 1. The molecule has 174 valence electrons. The van der Waals surface area contributed by atoms with Crippen molar-refractivity contribution in [3.05, 3.63) is 70.8 Å². The number of alkyl halides is 3. The second kappa shape index (κ2) is 10.0. The molecule has 32 heavy (non-hydrogen) atoms. The van der Waals surface area contributed by atoms with Crippen molar-refractivity contribution in [3.8, 4) is 0 Å². The molecule has 2 aromatic rings. The summed E-state index contributed by atoms with van der Waals surface area (Å²) in [6, 6.07) is 13.9. The van der Waals surface area contributed by atoms with Crippen LogP contribution in [0.2, 0.25) is 0 Å². The van der Waals surface area contributed by atoms with Crippen LogP contribution < -0.4 is 10.6 Å². The molecule has 1 saturated heterocycles. The summed E-state index contributed by atoms with van der Waals surface area (Å²) in [5, 5.41) is 6.40. The lowest BCUT2D eigenvalue weighted by Gasteiger charge is -2.42. The number of hydrogen-bond acceptors (Lipinski definition) is 3. The van der Waals surface area contributed by atoms with Crippen LogP contribution in [0.1, 0.15) is 55.0 Å². The molecule has 0 saturated carbocycles. The Morgan fingerprint density at radius 2 is 1.97 bits per heavy atom. The molecule has 2 aromatic carbocycles. The standard InChI is InChI=1S/C25H31F3N2O2/c1-4-29-23(31)19-10-11-24(30-15-19,21-8-6-5-7-9-21)16-32-18(3)20-12-17(2)13-22(14-20)25(26,27)28/h5-9,12-14,18-19,30H,4,10-11,15-16H2,1-3H3,(H,29,31)/t18?,19?,24-/m1/s1. The zero-order valence-electron chi connectivity index (χ0n) is 18.8. The largest absolute Gasteiger partial charge is 0.416 e. The van der Waals surface area contributed by atoms with E-state index in [1.54, 1.807) is 19.9 Å². The van der Waals surface area contributed by atoms with Crippen LogP contribution >= 0.6 is 0 Å². The fraction of sp³-hybridized carbons (Fsp3) is 0.480. The molecular weight excluding hydrogens is 417 g/mol. The highest BCUT2D eigenvalue weighted by Gasteiger charge is 2.39. The minimum atomic E-state index is -4.40. The van der Waals surface area contributed by atoms with Crippen molar-refractivity contribution in [1.29, 1.82) is 0 Å². The Balaban J connectivity index is 1.77. The first kappa shape index (κ1) is 24.3. The SMILES string of the molecule is CCNC(=O)C1CC[C@@](COC(C)c2cc(C)cc(C(F)(F)F)c2)(c2ccccc2)NC1. The van der Waals surface area contributed by atoms with Crippen molar-refractivity contribution < 1.29 is 22.7 Å². The highest BCUT2D eigenvalue weighted by atomic mass is 19.4. The van der Waals surface area contributed by atoms with E-state index in [2.05, 4.69) is 10.6 Å². The lowest BCUT2D eigenvalue weighted by Crippen LogP contribution is -2.54. The van der Waals surface area contributed by atoms with Crippen molar-refractivity contribution in [2.75, 3.05) is 19.7 Å². The summed E-state index contributed by atoms with van der Waals surface area (Å²) >= 11 is 0. The van der Waals surface area contributed by atoms with Gasteiger partial charge in [-0.25, -0.2) is 0 Å². The smallest absolute Gasteiger partial charge is 0.372 e. The van der Waals surface area contributed by atoms with Crippen molar-refractivity contribution in [3.63, 3.8) is 0 Å². The number of amides is 1. The van der Waals surface area contributed by atoms with Gasteiger partial charge in [-0.3, -0.25) is 4.79 Å². The Morgan fingerprint density at radius 1 is 1.25 bits per heavy atom. The van der Waals surface area contributed by atoms with Crippen LogP contribution in [0.5, 0.6) is 0 Å². The molecule has 3 rings (SSSR count). The monoisotopic (exact) mass is 448 g/mol. The molecule has 2 unspecified atom stereocenters. The average molecular weight is 449 g/mol. The number of aryl methyl sites for hydroxylation is 1. The zero-order chi connectivity index (χ0) is 23.4. The van der Waals surface area contributed by atoms with Crippen LogP contribution in [0.3, 0.4) is 0 Å². The highest BCUT2D eigenvalue weighted by Crippen LogP contribution is 2.36. The molecule has 0 aliphatic carbocycles. The topological polar surface area (TPSA) is 50.4 Å². The fourth-order valence-electron chi connectivity index (χ4n) is 4.26. The minimum absolute atomic E-state index is 0.0374. The summed E-state index contributed by atoms with van der Waals surface area (Å²) in [7, 11) is 0. The van der Waals surface area contributed by atoms with Gasteiger partial charge >= 0.3 is 6.18 Å². The van der Waals surface area contributed by atoms with E-state index in [0.717, 1.165) is 17.7 Å². The predicted octanol–water partition coefficient (Wildman–Crippen LogP) is 5.12. The van der Waals surface area contributed by atoms with E-state index in [-0.39, 0.29) is 18.4 Å². The summed E-state index contributed by atoms with van der Waals surface area (Å²) in [6.07, 6.45) is -3.52.